The molecule has 1 fully saturated rings. The second-order valence-electron chi connectivity index (χ2n) is 4.30. The second kappa shape index (κ2) is 5.66. The summed E-state index contributed by atoms with van der Waals surface area (Å²) in [7, 11) is 0. The van der Waals surface area contributed by atoms with Crippen molar-refractivity contribution in [2.75, 3.05) is 24.7 Å². The Labute approximate surface area is 109 Å². The highest BCUT2D eigenvalue weighted by Crippen LogP contribution is 2.25. The lowest BCUT2D eigenvalue weighted by Gasteiger charge is -2.36. The lowest BCUT2D eigenvalue weighted by molar-refractivity contribution is -0.384. The van der Waals surface area contributed by atoms with Crippen molar-refractivity contribution in [3.8, 4) is 0 Å². The van der Waals surface area contributed by atoms with Crippen LogP contribution >= 0.6 is 0 Å². The van der Waals surface area contributed by atoms with Gasteiger partial charge in [0, 0.05) is 24.4 Å². The molecular formula is C12H14N2O5. The lowest BCUT2D eigenvalue weighted by Crippen LogP contribution is -2.46. The number of carboxylic acids is 1. The summed E-state index contributed by atoms with van der Waals surface area (Å²) in [6, 6.07) is 5.91. The minimum atomic E-state index is -0.911. The van der Waals surface area contributed by atoms with Gasteiger partial charge in [-0.3, -0.25) is 14.9 Å². The Morgan fingerprint density at radius 1 is 1.58 bits per heavy atom. The number of hydrogen-bond acceptors (Lipinski definition) is 5. The van der Waals surface area contributed by atoms with Crippen LogP contribution in [0.5, 0.6) is 0 Å². The molecule has 1 aliphatic rings. The van der Waals surface area contributed by atoms with Gasteiger partial charge in [0.25, 0.3) is 5.69 Å². The summed E-state index contributed by atoms with van der Waals surface area (Å²) in [5.41, 5.74) is 0.654. The lowest BCUT2D eigenvalue weighted by atomic mass is 10.1. The van der Waals surface area contributed by atoms with Crippen LogP contribution in [-0.4, -0.2) is 41.8 Å². The van der Waals surface area contributed by atoms with E-state index in [1.165, 1.54) is 12.1 Å². The highest BCUT2D eigenvalue weighted by molar-refractivity contribution is 5.69. The van der Waals surface area contributed by atoms with E-state index in [9.17, 15) is 14.9 Å². The van der Waals surface area contributed by atoms with Gasteiger partial charge in [0.1, 0.15) is 0 Å². The Balaban J connectivity index is 2.24. The predicted octanol–water partition coefficient (Wildman–Crippen LogP) is 1.27. The minimum absolute atomic E-state index is 0.00179. The number of non-ortho nitro benzene ring substituents is 1. The van der Waals surface area contributed by atoms with Crippen molar-refractivity contribution >= 4 is 17.3 Å². The molecule has 1 saturated heterocycles. The van der Waals surface area contributed by atoms with E-state index in [4.69, 9.17) is 9.84 Å². The monoisotopic (exact) mass is 266 g/mol. The zero-order valence-electron chi connectivity index (χ0n) is 10.2. The summed E-state index contributed by atoms with van der Waals surface area (Å²) < 4.78 is 5.27. The van der Waals surface area contributed by atoms with Gasteiger partial charge in [0.2, 0.25) is 0 Å². The number of nitro groups is 1. The van der Waals surface area contributed by atoms with Crippen LogP contribution in [-0.2, 0) is 9.53 Å². The smallest absolute Gasteiger partial charge is 0.305 e. The van der Waals surface area contributed by atoms with E-state index in [0.29, 0.717) is 25.4 Å². The quantitative estimate of drug-likeness (QED) is 0.651. The Kier molecular flexibility index (Phi) is 3.96. The molecule has 19 heavy (non-hydrogen) atoms. The number of carbonyl (C=O) groups is 1. The number of aliphatic carboxylic acids is 1. The number of hydrogen-bond donors (Lipinski definition) is 1. The topological polar surface area (TPSA) is 92.9 Å². The van der Waals surface area contributed by atoms with Crippen LogP contribution in [0.15, 0.2) is 24.3 Å². The maximum absolute atomic E-state index is 10.8. The summed E-state index contributed by atoms with van der Waals surface area (Å²) in [6.07, 6.45) is -0.0529. The molecule has 1 heterocycles. The van der Waals surface area contributed by atoms with E-state index in [2.05, 4.69) is 0 Å². The first-order valence-electron chi connectivity index (χ1n) is 5.88. The van der Waals surface area contributed by atoms with E-state index in [-0.39, 0.29) is 18.2 Å². The predicted molar refractivity (Wildman–Crippen MR) is 67.3 cm³/mol. The summed E-state index contributed by atoms with van der Waals surface area (Å²) in [5.74, 6) is -0.911. The number of ether oxygens (including phenoxy) is 1. The number of rotatable bonds is 4. The van der Waals surface area contributed by atoms with Crippen molar-refractivity contribution in [3.63, 3.8) is 0 Å². The Morgan fingerprint density at radius 2 is 2.37 bits per heavy atom. The molecule has 0 radical (unpaired) electrons. The van der Waals surface area contributed by atoms with Crippen LogP contribution < -0.4 is 4.90 Å². The molecule has 1 aromatic carbocycles. The second-order valence-corrected chi connectivity index (χ2v) is 4.30. The minimum Gasteiger partial charge on any atom is -0.481 e. The number of anilines is 1. The standard InChI is InChI=1S/C12H14N2O5/c15-12(16)7-11-8-19-5-4-13(11)9-2-1-3-10(6-9)14(17)18/h1-3,6,11H,4-5,7-8H2,(H,15,16). The van der Waals surface area contributed by atoms with Crippen LogP contribution in [0.4, 0.5) is 11.4 Å². The molecular weight excluding hydrogens is 252 g/mol. The van der Waals surface area contributed by atoms with Crippen LogP contribution in [0.2, 0.25) is 0 Å². The summed E-state index contributed by atoms with van der Waals surface area (Å²) in [6.45, 7) is 1.33. The number of carboxylic acid groups (broad SMARTS) is 1. The number of morpholine rings is 1. The molecule has 7 heteroatoms. The van der Waals surface area contributed by atoms with Crippen molar-refractivity contribution in [3.05, 3.63) is 34.4 Å². The van der Waals surface area contributed by atoms with Crippen molar-refractivity contribution in [1.29, 1.82) is 0 Å². The molecule has 0 saturated carbocycles. The molecule has 1 unspecified atom stereocenters. The maximum atomic E-state index is 10.8. The molecule has 0 spiro atoms. The summed E-state index contributed by atoms with van der Waals surface area (Å²) in [5, 5.41) is 19.6. The van der Waals surface area contributed by atoms with Gasteiger partial charge in [0.05, 0.1) is 30.6 Å². The van der Waals surface area contributed by atoms with Gasteiger partial charge in [-0.1, -0.05) is 6.07 Å². The van der Waals surface area contributed by atoms with Crippen molar-refractivity contribution < 1.29 is 19.6 Å². The number of nitro benzene ring substituents is 1. The third-order valence-electron chi connectivity index (χ3n) is 3.01. The van der Waals surface area contributed by atoms with Gasteiger partial charge >= 0.3 is 5.97 Å². The fourth-order valence-electron chi connectivity index (χ4n) is 2.15. The fraction of sp³-hybridized carbons (Fsp3) is 0.417. The van der Waals surface area contributed by atoms with Crippen molar-refractivity contribution in [1.82, 2.24) is 0 Å². The highest BCUT2D eigenvalue weighted by atomic mass is 16.6. The average molecular weight is 266 g/mol. The van der Waals surface area contributed by atoms with E-state index >= 15 is 0 Å². The Bertz CT molecular complexity index is 491. The zero-order valence-corrected chi connectivity index (χ0v) is 10.2. The van der Waals surface area contributed by atoms with Gasteiger partial charge in [0.15, 0.2) is 0 Å². The average Bonchev–Trinajstić information content (AvgIpc) is 2.39. The molecule has 7 nitrogen and oxygen atoms in total. The Morgan fingerprint density at radius 3 is 3.05 bits per heavy atom. The van der Waals surface area contributed by atoms with Gasteiger partial charge in [-0.2, -0.15) is 0 Å². The third-order valence-corrected chi connectivity index (χ3v) is 3.01. The molecule has 0 bridgehead atoms. The molecule has 1 aliphatic heterocycles. The first-order valence-corrected chi connectivity index (χ1v) is 5.88. The molecule has 1 N–H and O–H groups in total. The molecule has 0 aromatic heterocycles. The van der Waals surface area contributed by atoms with Gasteiger partial charge in [-0.25, -0.2) is 0 Å². The molecule has 2 rings (SSSR count). The first-order chi connectivity index (χ1) is 9.08. The van der Waals surface area contributed by atoms with Crippen LogP contribution in [0, 0.1) is 10.1 Å². The molecule has 1 aromatic rings. The zero-order chi connectivity index (χ0) is 13.8. The van der Waals surface area contributed by atoms with Gasteiger partial charge in [-0.05, 0) is 6.07 Å². The number of benzene rings is 1. The van der Waals surface area contributed by atoms with E-state index < -0.39 is 10.9 Å². The van der Waals surface area contributed by atoms with Gasteiger partial charge in [-0.15, -0.1) is 0 Å². The first kappa shape index (κ1) is 13.3. The van der Waals surface area contributed by atoms with Crippen molar-refractivity contribution in [2.24, 2.45) is 0 Å². The normalized spacial score (nSPS) is 19.2. The summed E-state index contributed by atoms with van der Waals surface area (Å²) in [4.78, 5) is 23.0. The van der Waals surface area contributed by atoms with E-state index in [1.807, 2.05) is 4.90 Å². The number of nitrogens with zero attached hydrogens (tertiary/aromatic N) is 2. The Hall–Kier alpha value is -2.15. The largest absolute Gasteiger partial charge is 0.481 e. The van der Waals surface area contributed by atoms with Crippen LogP contribution in [0.1, 0.15) is 6.42 Å². The van der Waals surface area contributed by atoms with E-state index in [1.54, 1.807) is 12.1 Å². The molecule has 102 valence electrons. The van der Waals surface area contributed by atoms with Crippen LogP contribution in [0.3, 0.4) is 0 Å². The summed E-state index contributed by atoms with van der Waals surface area (Å²) >= 11 is 0. The molecule has 0 aliphatic carbocycles. The molecule has 0 amide bonds. The maximum Gasteiger partial charge on any atom is 0.305 e. The van der Waals surface area contributed by atoms with E-state index in [0.717, 1.165) is 0 Å². The van der Waals surface area contributed by atoms with Gasteiger partial charge < -0.3 is 14.7 Å². The third kappa shape index (κ3) is 3.19. The fourth-order valence-corrected chi connectivity index (χ4v) is 2.15. The van der Waals surface area contributed by atoms with Crippen molar-refractivity contribution in [2.45, 2.75) is 12.5 Å². The highest BCUT2D eigenvalue weighted by Gasteiger charge is 2.26. The van der Waals surface area contributed by atoms with Crippen LogP contribution in [0.25, 0.3) is 0 Å². The SMILES string of the molecule is O=C(O)CC1COCCN1c1cccc([N+](=O)[O-])c1. The molecule has 1 atom stereocenters.